The van der Waals surface area contributed by atoms with Crippen molar-refractivity contribution in [2.45, 2.75) is 58.3 Å². The van der Waals surface area contributed by atoms with Crippen molar-refractivity contribution in [3.63, 3.8) is 0 Å². The molecule has 102 valence electrons. The molecule has 0 unspecified atom stereocenters. The number of aromatic amines is 1. The van der Waals surface area contributed by atoms with E-state index in [2.05, 4.69) is 25.0 Å². The van der Waals surface area contributed by atoms with Crippen LogP contribution in [0.4, 0.5) is 0 Å². The Labute approximate surface area is 119 Å². The molecule has 19 heavy (non-hydrogen) atoms. The van der Waals surface area contributed by atoms with Gasteiger partial charge in [-0.15, -0.1) is 0 Å². The third kappa shape index (κ3) is 2.12. The zero-order chi connectivity index (χ0) is 13.4. The summed E-state index contributed by atoms with van der Waals surface area (Å²) < 4.78 is 2.95. The predicted octanol–water partition coefficient (Wildman–Crippen LogP) is 4.17. The summed E-state index contributed by atoms with van der Waals surface area (Å²) >= 11 is 5.64. The Bertz CT molecular complexity index is 649. The molecule has 2 heterocycles. The summed E-state index contributed by atoms with van der Waals surface area (Å²) in [6.45, 7) is 4.47. The van der Waals surface area contributed by atoms with Gasteiger partial charge in [-0.05, 0) is 38.5 Å². The maximum absolute atomic E-state index is 5.64. The van der Waals surface area contributed by atoms with Crippen molar-refractivity contribution in [1.82, 2.24) is 14.6 Å². The lowest BCUT2D eigenvalue weighted by Crippen LogP contribution is -2.09. The van der Waals surface area contributed by atoms with Crippen LogP contribution in [0.15, 0.2) is 6.07 Å². The topological polar surface area (TPSA) is 33.1 Å². The third-order valence-electron chi connectivity index (χ3n) is 4.33. The normalized spacial score (nSPS) is 15.1. The highest BCUT2D eigenvalue weighted by atomic mass is 32.1. The monoisotopic (exact) mass is 275 g/mol. The Morgan fingerprint density at radius 3 is 2.79 bits per heavy atom. The molecule has 0 bridgehead atoms. The van der Waals surface area contributed by atoms with Crippen LogP contribution in [0.25, 0.3) is 5.65 Å². The molecule has 2 aromatic rings. The number of hydrogen-bond acceptors (Lipinski definition) is 2. The second-order valence-corrected chi connectivity index (χ2v) is 5.85. The van der Waals surface area contributed by atoms with Gasteiger partial charge in [0.2, 0.25) is 0 Å². The maximum Gasteiger partial charge on any atom is 0.154 e. The van der Waals surface area contributed by atoms with Crippen LogP contribution >= 0.6 is 12.2 Å². The van der Waals surface area contributed by atoms with Crippen molar-refractivity contribution in [3.8, 4) is 0 Å². The zero-order valence-corrected chi connectivity index (χ0v) is 12.5. The molecule has 0 saturated carbocycles. The van der Waals surface area contributed by atoms with Gasteiger partial charge in [0.05, 0.1) is 0 Å². The molecule has 0 fully saturated rings. The molecule has 0 atom stereocenters. The molecule has 3 rings (SSSR count). The number of nitrogens with one attached hydrogen (secondary N) is 1. The fraction of sp³-hybridized carbons (Fsp3) is 0.600. The van der Waals surface area contributed by atoms with Crippen LogP contribution in [-0.2, 0) is 12.8 Å². The van der Waals surface area contributed by atoms with E-state index in [1.54, 1.807) is 0 Å². The first-order valence-corrected chi connectivity index (χ1v) is 7.78. The summed E-state index contributed by atoms with van der Waals surface area (Å²) in [5, 5.41) is 3.47. The van der Waals surface area contributed by atoms with E-state index in [-0.39, 0.29) is 0 Å². The van der Waals surface area contributed by atoms with E-state index in [9.17, 15) is 0 Å². The molecule has 0 spiro atoms. The van der Waals surface area contributed by atoms with Gasteiger partial charge in [-0.2, -0.15) is 0 Å². The second kappa shape index (κ2) is 5.08. The average Bonchev–Trinajstić information content (AvgIpc) is 2.84. The fourth-order valence-electron chi connectivity index (χ4n) is 3.11. The number of aryl methyl sites for hydroxylation is 1. The van der Waals surface area contributed by atoms with E-state index in [1.165, 1.54) is 29.8 Å². The van der Waals surface area contributed by atoms with E-state index in [0.29, 0.717) is 5.92 Å². The second-order valence-electron chi connectivity index (χ2n) is 5.47. The summed E-state index contributed by atoms with van der Waals surface area (Å²) in [6.07, 6.45) is 6.95. The number of aromatic nitrogens is 3. The first kappa shape index (κ1) is 12.9. The van der Waals surface area contributed by atoms with Crippen LogP contribution in [-0.4, -0.2) is 14.6 Å². The molecule has 1 N–H and O–H groups in total. The van der Waals surface area contributed by atoms with Crippen molar-refractivity contribution in [2.24, 2.45) is 0 Å². The first-order chi connectivity index (χ1) is 9.24. The molecule has 0 amide bonds. The molecule has 2 aromatic heterocycles. The van der Waals surface area contributed by atoms with Crippen molar-refractivity contribution in [1.29, 1.82) is 0 Å². The number of rotatable bonds is 3. The summed E-state index contributed by atoms with van der Waals surface area (Å²) in [4.78, 5) is 4.81. The predicted molar refractivity (Wildman–Crippen MR) is 80.3 cm³/mol. The van der Waals surface area contributed by atoms with Gasteiger partial charge >= 0.3 is 0 Å². The Hall–Kier alpha value is -1.16. The third-order valence-corrected chi connectivity index (χ3v) is 4.76. The minimum Gasteiger partial charge on any atom is -0.295 e. The number of fused-ring (bicyclic) bond motifs is 2. The highest BCUT2D eigenvalue weighted by molar-refractivity contribution is 7.71. The van der Waals surface area contributed by atoms with Crippen LogP contribution in [0.1, 0.15) is 62.4 Å². The van der Waals surface area contributed by atoms with Gasteiger partial charge in [0.15, 0.2) is 5.65 Å². The molecule has 0 aliphatic heterocycles. The van der Waals surface area contributed by atoms with Crippen LogP contribution in [0, 0.1) is 4.64 Å². The van der Waals surface area contributed by atoms with Gasteiger partial charge in [-0.3, -0.25) is 5.10 Å². The highest BCUT2D eigenvalue weighted by Crippen LogP contribution is 2.25. The number of hydrogen-bond donors (Lipinski definition) is 1. The maximum atomic E-state index is 5.64. The number of nitrogens with zero attached hydrogens (tertiary/aromatic N) is 2. The van der Waals surface area contributed by atoms with Crippen LogP contribution in [0.5, 0.6) is 0 Å². The Morgan fingerprint density at radius 2 is 2.05 bits per heavy atom. The van der Waals surface area contributed by atoms with Gasteiger partial charge in [0.25, 0.3) is 0 Å². The summed E-state index contributed by atoms with van der Waals surface area (Å²) in [7, 11) is 0. The largest absolute Gasteiger partial charge is 0.295 e. The summed E-state index contributed by atoms with van der Waals surface area (Å²) in [6, 6.07) is 2.18. The lowest BCUT2D eigenvalue weighted by Gasteiger charge is -2.14. The van der Waals surface area contributed by atoms with E-state index in [0.717, 1.165) is 36.0 Å². The minimum absolute atomic E-state index is 0.577. The van der Waals surface area contributed by atoms with Gasteiger partial charge in [-0.1, -0.05) is 26.1 Å². The van der Waals surface area contributed by atoms with Gasteiger partial charge in [0.1, 0.15) is 4.64 Å². The van der Waals surface area contributed by atoms with E-state index in [4.69, 9.17) is 17.2 Å². The zero-order valence-electron chi connectivity index (χ0n) is 11.7. The average molecular weight is 275 g/mol. The quantitative estimate of drug-likeness (QED) is 0.853. The molecule has 1 aliphatic carbocycles. The lowest BCUT2D eigenvalue weighted by atomic mass is 9.97. The molecule has 0 saturated heterocycles. The minimum atomic E-state index is 0.577. The van der Waals surface area contributed by atoms with Crippen molar-refractivity contribution in [2.75, 3.05) is 0 Å². The Balaban J connectivity index is 2.17. The van der Waals surface area contributed by atoms with Crippen molar-refractivity contribution >= 4 is 17.9 Å². The van der Waals surface area contributed by atoms with E-state index < -0.39 is 0 Å². The molecular weight excluding hydrogens is 254 g/mol. The molecule has 4 heteroatoms. The fourth-order valence-corrected chi connectivity index (χ4v) is 3.47. The Morgan fingerprint density at radius 1 is 1.32 bits per heavy atom. The molecule has 3 nitrogen and oxygen atoms in total. The van der Waals surface area contributed by atoms with Crippen LogP contribution in [0.2, 0.25) is 0 Å². The molecule has 0 aromatic carbocycles. The Kier molecular flexibility index (Phi) is 3.44. The smallest absolute Gasteiger partial charge is 0.154 e. The van der Waals surface area contributed by atoms with Crippen LogP contribution < -0.4 is 0 Å². The summed E-state index contributed by atoms with van der Waals surface area (Å²) in [5.74, 6) is 0.577. The van der Waals surface area contributed by atoms with Gasteiger partial charge in [0, 0.05) is 28.9 Å². The van der Waals surface area contributed by atoms with Crippen molar-refractivity contribution < 1.29 is 0 Å². The lowest BCUT2D eigenvalue weighted by molar-refractivity contribution is 0.613. The van der Waals surface area contributed by atoms with Gasteiger partial charge < -0.3 is 0 Å². The molecular formula is C15H21N3S. The summed E-state index contributed by atoms with van der Waals surface area (Å²) in [5.41, 5.74) is 4.78. The van der Waals surface area contributed by atoms with E-state index >= 15 is 0 Å². The van der Waals surface area contributed by atoms with Crippen molar-refractivity contribution in [3.05, 3.63) is 27.7 Å². The van der Waals surface area contributed by atoms with Gasteiger partial charge in [-0.25, -0.2) is 9.50 Å². The highest BCUT2D eigenvalue weighted by Gasteiger charge is 2.17. The first-order valence-electron chi connectivity index (χ1n) is 7.38. The standard InChI is InChI=1S/C15H21N3S/c1-3-10(4-2)13-9-14-16-12-8-6-5-7-11(12)15(19)18(14)17-13/h9-10,17H,3-8H2,1-2H3. The van der Waals surface area contributed by atoms with Crippen LogP contribution in [0.3, 0.4) is 0 Å². The SMILES string of the molecule is CCC(CC)c1cc2nc3c(c(=S)n2[nH]1)CCCC3. The van der Waals surface area contributed by atoms with E-state index in [1.807, 2.05) is 4.52 Å². The number of H-pyrrole nitrogens is 1. The molecule has 0 radical (unpaired) electrons. The molecule has 1 aliphatic rings.